The van der Waals surface area contributed by atoms with Gasteiger partial charge in [-0.2, -0.15) is 8.42 Å². The Kier molecular flexibility index (Phi) is 7.29. The normalized spacial score (nSPS) is 15.8. The molecule has 1 N–H and O–H groups in total. The molecule has 12 heteroatoms. The number of benzene rings is 3. The molecule has 9 nitrogen and oxygen atoms in total. The average molecular weight is 588 g/mol. The number of carbonyl (C=O) groups is 1. The molecule has 3 aromatic rings. The zero-order valence-electron chi connectivity index (χ0n) is 18.9. The topological polar surface area (TPSA) is 128 Å². The lowest BCUT2D eigenvalue weighted by Crippen LogP contribution is -2.19. The number of hydrogen-bond acceptors (Lipinski definition) is 8. The van der Waals surface area contributed by atoms with Crippen molar-refractivity contribution in [1.29, 1.82) is 0 Å². The van der Waals surface area contributed by atoms with E-state index in [1.54, 1.807) is 31.2 Å². The highest BCUT2D eigenvalue weighted by atomic mass is 79.9. The Bertz CT molecular complexity index is 1550. The van der Waals surface area contributed by atoms with Crippen LogP contribution in [0.3, 0.4) is 0 Å². The van der Waals surface area contributed by atoms with Gasteiger partial charge in [-0.1, -0.05) is 33.6 Å². The van der Waals surface area contributed by atoms with Gasteiger partial charge in [-0.25, -0.2) is 4.99 Å². The predicted octanol–water partition coefficient (Wildman–Crippen LogP) is 5.63. The molecule has 0 radical (unpaired) electrons. The van der Waals surface area contributed by atoms with Gasteiger partial charge in [0, 0.05) is 22.2 Å². The number of non-ortho nitro benzene ring substituents is 1. The Morgan fingerprint density at radius 2 is 1.81 bits per heavy atom. The van der Waals surface area contributed by atoms with Crippen LogP contribution < -0.4 is 9.50 Å². The van der Waals surface area contributed by atoms with E-state index < -0.39 is 20.9 Å². The van der Waals surface area contributed by atoms with Gasteiger partial charge in [0.2, 0.25) is 0 Å². The van der Waals surface area contributed by atoms with Crippen LogP contribution in [0.1, 0.15) is 16.7 Å². The molecule has 1 heterocycles. The molecule has 0 bridgehead atoms. The van der Waals surface area contributed by atoms with Gasteiger partial charge >= 0.3 is 10.1 Å². The predicted molar refractivity (Wildman–Crippen MR) is 142 cm³/mol. The summed E-state index contributed by atoms with van der Waals surface area (Å²) < 4.78 is 31.7. The number of amides is 1. The molecule has 1 saturated heterocycles. The lowest BCUT2D eigenvalue weighted by atomic mass is 10.2. The highest BCUT2D eigenvalue weighted by Gasteiger charge is 2.26. The van der Waals surface area contributed by atoms with Crippen LogP contribution in [0.15, 0.2) is 79.9 Å². The van der Waals surface area contributed by atoms with Gasteiger partial charge in [0.05, 0.1) is 15.5 Å². The molecular weight excluding hydrogens is 570 g/mol. The molecule has 36 heavy (non-hydrogen) atoms. The third-order valence-electron chi connectivity index (χ3n) is 5.03. The van der Waals surface area contributed by atoms with Gasteiger partial charge in [-0.05, 0) is 73.6 Å². The molecular formula is C24H18BrN3O6S2. The number of thioether (sulfide) groups is 1. The van der Waals surface area contributed by atoms with Crippen LogP contribution >= 0.6 is 27.7 Å². The Morgan fingerprint density at radius 1 is 1.08 bits per heavy atom. The van der Waals surface area contributed by atoms with Crippen molar-refractivity contribution in [3.8, 4) is 5.75 Å². The first-order valence-corrected chi connectivity index (χ1v) is 13.4. The van der Waals surface area contributed by atoms with E-state index in [4.69, 9.17) is 4.18 Å². The van der Waals surface area contributed by atoms with E-state index in [0.717, 1.165) is 17.3 Å². The van der Waals surface area contributed by atoms with Gasteiger partial charge < -0.3 is 9.50 Å². The zero-order chi connectivity index (χ0) is 26.0. The molecule has 3 aromatic carbocycles. The fraction of sp³-hybridized carbons (Fsp3) is 0.0833. The number of aryl methyl sites for hydroxylation is 2. The van der Waals surface area contributed by atoms with Crippen molar-refractivity contribution >= 4 is 66.3 Å². The van der Waals surface area contributed by atoms with Gasteiger partial charge in [0.25, 0.3) is 11.6 Å². The van der Waals surface area contributed by atoms with E-state index in [1.165, 1.54) is 42.5 Å². The molecule has 4 rings (SSSR count). The van der Waals surface area contributed by atoms with Crippen LogP contribution in [0.25, 0.3) is 6.08 Å². The Hall–Kier alpha value is -3.48. The average Bonchev–Trinajstić information content (AvgIpc) is 3.15. The first-order valence-electron chi connectivity index (χ1n) is 10.4. The number of carbonyl (C=O) groups excluding carboxylic acids is 1. The molecule has 0 spiro atoms. The van der Waals surface area contributed by atoms with Gasteiger partial charge in [0.1, 0.15) is 10.6 Å². The van der Waals surface area contributed by atoms with E-state index in [1.807, 2.05) is 6.92 Å². The van der Waals surface area contributed by atoms with Crippen molar-refractivity contribution in [1.82, 2.24) is 5.32 Å². The molecule has 1 fully saturated rings. The summed E-state index contributed by atoms with van der Waals surface area (Å²) in [6.07, 6.45) is 1.51. The molecule has 1 amide bonds. The second-order valence-electron chi connectivity index (χ2n) is 7.74. The minimum atomic E-state index is -4.10. The van der Waals surface area contributed by atoms with Crippen molar-refractivity contribution in [2.75, 3.05) is 0 Å². The molecule has 0 unspecified atom stereocenters. The van der Waals surface area contributed by atoms with Crippen LogP contribution in [0.4, 0.5) is 11.4 Å². The summed E-state index contributed by atoms with van der Waals surface area (Å²) in [6, 6.07) is 15.3. The highest BCUT2D eigenvalue weighted by Crippen LogP contribution is 2.34. The van der Waals surface area contributed by atoms with Crippen molar-refractivity contribution in [3.05, 3.63) is 96.8 Å². The van der Waals surface area contributed by atoms with E-state index in [-0.39, 0.29) is 26.4 Å². The van der Waals surface area contributed by atoms with Crippen LogP contribution in [-0.2, 0) is 14.9 Å². The summed E-state index contributed by atoms with van der Waals surface area (Å²) in [6.45, 7) is 3.53. The number of halogens is 1. The molecule has 184 valence electrons. The maximum Gasteiger partial charge on any atom is 0.339 e. The molecule has 0 aromatic heterocycles. The first kappa shape index (κ1) is 25.6. The number of nitrogens with zero attached hydrogens (tertiary/aromatic N) is 2. The van der Waals surface area contributed by atoms with Gasteiger partial charge in [0.15, 0.2) is 5.17 Å². The van der Waals surface area contributed by atoms with Crippen LogP contribution in [0.2, 0.25) is 0 Å². The fourth-order valence-corrected chi connectivity index (χ4v) is 5.35. The Morgan fingerprint density at radius 3 is 2.47 bits per heavy atom. The lowest BCUT2D eigenvalue weighted by Gasteiger charge is -2.10. The fourth-order valence-electron chi connectivity index (χ4n) is 3.19. The Balaban J connectivity index is 1.62. The van der Waals surface area contributed by atoms with Crippen LogP contribution in [0.5, 0.6) is 5.75 Å². The maximum absolute atomic E-state index is 12.8. The van der Waals surface area contributed by atoms with Gasteiger partial charge in [-0.15, -0.1) is 0 Å². The third-order valence-corrected chi connectivity index (χ3v) is 7.68. The zero-order valence-corrected chi connectivity index (χ0v) is 22.1. The highest BCUT2D eigenvalue weighted by molar-refractivity contribution is 9.10. The number of amidine groups is 1. The smallest absolute Gasteiger partial charge is 0.339 e. The van der Waals surface area contributed by atoms with Crippen molar-refractivity contribution in [2.45, 2.75) is 18.7 Å². The minimum absolute atomic E-state index is 0.00972. The summed E-state index contributed by atoms with van der Waals surface area (Å²) in [5.41, 5.74) is 2.27. The van der Waals surface area contributed by atoms with E-state index >= 15 is 0 Å². The van der Waals surface area contributed by atoms with E-state index in [9.17, 15) is 23.3 Å². The quantitative estimate of drug-likeness (QED) is 0.171. The number of nitro benzene ring substituents is 1. The Labute approximate surface area is 219 Å². The molecule has 0 aliphatic carbocycles. The minimum Gasteiger partial charge on any atom is -0.378 e. The monoisotopic (exact) mass is 587 g/mol. The van der Waals surface area contributed by atoms with Crippen LogP contribution in [-0.4, -0.2) is 24.4 Å². The van der Waals surface area contributed by atoms with Crippen molar-refractivity contribution < 1.29 is 22.3 Å². The molecule has 0 atom stereocenters. The second kappa shape index (κ2) is 10.2. The summed E-state index contributed by atoms with van der Waals surface area (Å²) in [4.78, 5) is 27.7. The van der Waals surface area contributed by atoms with Gasteiger partial charge in [-0.3, -0.25) is 14.9 Å². The summed E-state index contributed by atoms with van der Waals surface area (Å²) in [5.74, 6) is -0.373. The molecule has 0 saturated carbocycles. The summed E-state index contributed by atoms with van der Waals surface area (Å²) in [5, 5.41) is 13.9. The molecule has 1 aliphatic heterocycles. The largest absolute Gasteiger partial charge is 0.378 e. The first-order chi connectivity index (χ1) is 17.0. The van der Waals surface area contributed by atoms with Crippen LogP contribution in [0, 0.1) is 24.0 Å². The summed E-state index contributed by atoms with van der Waals surface area (Å²) in [7, 11) is -4.10. The number of aliphatic imine (C=N–C) groups is 1. The number of nitro groups is 1. The number of nitrogens with one attached hydrogen (secondary N) is 1. The lowest BCUT2D eigenvalue weighted by molar-refractivity contribution is -0.384. The maximum atomic E-state index is 12.8. The van der Waals surface area contributed by atoms with E-state index in [0.29, 0.717) is 21.3 Å². The van der Waals surface area contributed by atoms with E-state index in [2.05, 4.69) is 26.2 Å². The molecule has 1 aliphatic rings. The standard InChI is InChI=1S/C24H18BrN3O6S2/c1-14-3-7-19(8-4-14)36(32,33)34-21-10-5-17(25)12-16(21)13-22-23(29)27-24(35-22)26-20-9-6-18(28(30)31)11-15(20)2/h3-13H,1-2H3,(H,26,27,29)/b22-13+. The number of hydrogen-bond donors (Lipinski definition) is 1. The van der Waals surface area contributed by atoms with Crippen molar-refractivity contribution in [3.63, 3.8) is 0 Å². The number of rotatable bonds is 6. The summed E-state index contributed by atoms with van der Waals surface area (Å²) >= 11 is 4.41. The van der Waals surface area contributed by atoms with Crippen molar-refractivity contribution in [2.24, 2.45) is 4.99 Å². The second-order valence-corrected chi connectivity index (χ2v) is 11.2. The SMILES string of the molecule is Cc1ccc(S(=O)(=O)Oc2ccc(Br)cc2/C=C2/SC(=Nc3ccc([N+](=O)[O-])cc3C)NC2=O)cc1. The third kappa shape index (κ3) is 5.83.